The highest BCUT2D eigenvalue weighted by Gasteiger charge is 2.06. The van der Waals surface area contributed by atoms with Crippen molar-refractivity contribution in [3.05, 3.63) is 35.4 Å². The minimum Gasteiger partial charge on any atom is -0.308 e. The zero-order valence-corrected chi connectivity index (χ0v) is 9.67. The van der Waals surface area contributed by atoms with Crippen LogP contribution >= 0.6 is 0 Å². The van der Waals surface area contributed by atoms with Crippen molar-refractivity contribution in [3.8, 4) is 0 Å². The van der Waals surface area contributed by atoms with Gasteiger partial charge in [-0.15, -0.1) is 0 Å². The molecule has 0 aliphatic rings. The molecule has 0 aliphatic heterocycles. The summed E-state index contributed by atoms with van der Waals surface area (Å²) in [5, 5.41) is 3.57. The molecule has 0 spiro atoms. The predicted molar refractivity (Wildman–Crippen MR) is 62.5 cm³/mol. The third kappa shape index (κ3) is 3.15. The summed E-state index contributed by atoms with van der Waals surface area (Å²) < 4.78 is 0. The van der Waals surface area contributed by atoms with E-state index in [1.165, 1.54) is 17.5 Å². The summed E-state index contributed by atoms with van der Waals surface area (Å²) >= 11 is 0. The predicted octanol–water partition coefficient (Wildman–Crippen LogP) is 3.44. The van der Waals surface area contributed by atoms with Gasteiger partial charge in [0.05, 0.1) is 0 Å². The maximum atomic E-state index is 3.57. The molecule has 0 unspecified atom stereocenters. The van der Waals surface area contributed by atoms with Crippen molar-refractivity contribution in [2.45, 2.75) is 46.2 Å². The van der Waals surface area contributed by atoms with Crippen LogP contribution in [0.15, 0.2) is 24.3 Å². The van der Waals surface area contributed by atoms with Crippen molar-refractivity contribution in [1.82, 2.24) is 5.32 Å². The van der Waals surface area contributed by atoms with Crippen LogP contribution < -0.4 is 5.32 Å². The molecule has 0 bridgehead atoms. The van der Waals surface area contributed by atoms with Gasteiger partial charge in [-0.3, -0.25) is 0 Å². The van der Waals surface area contributed by atoms with Gasteiger partial charge < -0.3 is 5.32 Å². The second-order valence-corrected chi connectivity index (χ2v) is 4.11. The van der Waals surface area contributed by atoms with Gasteiger partial charge in [0.1, 0.15) is 0 Å². The maximum absolute atomic E-state index is 3.57. The summed E-state index contributed by atoms with van der Waals surface area (Å²) in [6.07, 6.45) is 1.18. The molecule has 1 nitrogen and oxygen atoms in total. The average molecular weight is 191 g/mol. The van der Waals surface area contributed by atoms with Crippen molar-refractivity contribution in [3.63, 3.8) is 0 Å². The molecule has 0 heterocycles. The molecule has 14 heavy (non-hydrogen) atoms. The van der Waals surface area contributed by atoms with E-state index >= 15 is 0 Å². The van der Waals surface area contributed by atoms with E-state index in [1.54, 1.807) is 0 Å². The Morgan fingerprint density at radius 2 is 1.71 bits per heavy atom. The molecule has 2 atom stereocenters. The maximum Gasteiger partial charge on any atom is 0.0294 e. The van der Waals surface area contributed by atoms with Crippen molar-refractivity contribution in [2.75, 3.05) is 0 Å². The fourth-order valence-corrected chi connectivity index (χ4v) is 1.50. The molecule has 78 valence electrons. The van der Waals surface area contributed by atoms with E-state index in [9.17, 15) is 0 Å². The van der Waals surface area contributed by atoms with Gasteiger partial charge in [0.15, 0.2) is 0 Å². The molecule has 1 aromatic rings. The first kappa shape index (κ1) is 11.3. The Balaban J connectivity index is 2.60. The van der Waals surface area contributed by atoms with E-state index in [2.05, 4.69) is 57.3 Å². The van der Waals surface area contributed by atoms with Gasteiger partial charge in [0.25, 0.3) is 0 Å². The van der Waals surface area contributed by atoms with Gasteiger partial charge in [-0.05, 0) is 32.8 Å². The zero-order chi connectivity index (χ0) is 10.6. The molecule has 0 aliphatic carbocycles. The molecule has 0 aromatic heterocycles. The standard InChI is InChI=1S/C13H21N/c1-5-11(3)14-12(4)13-8-6-10(2)7-9-13/h6-9,11-12,14H,5H2,1-4H3/t11-,12-/m1/s1. The van der Waals surface area contributed by atoms with Crippen LogP contribution in [-0.4, -0.2) is 6.04 Å². The Labute approximate surface area is 87.5 Å². The Bertz CT molecular complexity index is 263. The first-order chi connectivity index (χ1) is 6.63. The highest BCUT2D eigenvalue weighted by molar-refractivity contribution is 5.23. The topological polar surface area (TPSA) is 12.0 Å². The monoisotopic (exact) mass is 191 g/mol. The van der Waals surface area contributed by atoms with Gasteiger partial charge in [0, 0.05) is 12.1 Å². The number of nitrogens with one attached hydrogen (secondary N) is 1. The second kappa shape index (κ2) is 5.16. The number of rotatable bonds is 4. The van der Waals surface area contributed by atoms with Crippen LogP contribution in [0.1, 0.15) is 44.4 Å². The molecular weight excluding hydrogens is 170 g/mol. The van der Waals surface area contributed by atoms with Crippen LogP contribution in [0.3, 0.4) is 0 Å². The Kier molecular flexibility index (Phi) is 4.15. The second-order valence-electron chi connectivity index (χ2n) is 4.11. The molecule has 0 radical (unpaired) electrons. The summed E-state index contributed by atoms with van der Waals surface area (Å²) in [5.41, 5.74) is 2.69. The average Bonchev–Trinajstić information content (AvgIpc) is 2.18. The van der Waals surface area contributed by atoms with Crippen molar-refractivity contribution in [1.29, 1.82) is 0 Å². The molecule has 1 N–H and O–H groups in total. The molecule has 0 amide bonds. The first-order valence-electron chi connectivity index (χ1n) is 5.46. The minimum absolute atomic E-state index is 0.450. The molecular formula is C13H21N. The van der Waals surface area contributed by atoms with Crippen LogP contribution in [0.5, 0.6) is 0 Å². The van der Waals surface area contributed by atoms with Gasteiger partial charge in [0.2, 0.25) is 0 Å². The number of aryl methyl sites for hydroxylation is 1. The fraction of sp³-hybridized carbons (Fsp3) is 0.538. The molecule has 0 fully saturated rings. The quantitative estimate of drug-likeness (QED) is 0.768. The van der Waals surface area contributed by atoms with E-state index in [4.69, 9.17) is 0 Å². The van der Waals surface area contributed by atoms with Crippen LogP contribution in [0, 0.1) is 6.92 Å². The SMILES string of the molecule is CC[C@@H](C)N[C@H](C)c1ccc(C)cc1. The highest BCUT2D eigenvalue weighted by Crippen LogP contribution is 2.14. The van der Waals surface area contributed by atoms with E-state index < -0.39 is 0 Å². The Morgan fingerprint density at radius 3 is 2.21 bits per heavy atom. The highest BCUT2D eigenvalue weighted by atomic mass is 14.9. The summed E-state index contributed by atoms with van der Waals surface area (Å²) in [4.78, 5) is 0. The van der Waals surface area contributed by atoms with Crippen LogP contribution in [0.4, 0.5) is 0 Å². The lowest BCUT2D eigenvalue weighted by atomic mass is 10.1. The van der Waals surface area contributed by atoms with Crippen molar-refractivity contribution < 1.29 is 0 Å². The molecule has 0 saturated carbocycles. The van der Waals surface area contributed by atoms with E-state index in [1.807, 2.05) is 0 Å². The summed E-state index contributed by atoms with van der Waals surface area (Å²) in [6.45, 7) is 8.78. The van der Waals surface area contributed by atoms with Gasteiger partial charge >= 0.3 is 0 Å². The van der Waals surface area contributed by atoms with E-state index in [0.29, 0.717) is 12.1 Å². The van der Waals surface area contributed by atoms with Crippen molar-refractivity contribution >= 4 is 0 Å². The molecule has 1 aromatic carbocycles. The molecule has 0 saturated heterocycles. The van der Waals surface area contributed by atoms with E-state index in [-0.39, 0.29) is 0 Å². The van der Waals surface area contributed by atoms with Crippen molar-refractivity contribution in [2.24, 2.45) is 0 Å². The number of hydrogen-bond acceptors (Lipinski definition) is 1. The summed E-state index contributed by atoms with van der Waals surface area (Å²) in [7, 11) is 0. The smallest absolute Gasteiger partial charge is 0.0294 e. The normalized spacial score (nSPS) is 15.1. The minimum atomic E-state index is 0.450. The number of benzene rings is 1. The van der Waals surface area contributed by atoms with Gasteiger partial charge in [-0.25, -0.2) is 0 Å². The Hall–Kier alpha value is -0.820. The lowest BCUT2D eigenvalue weighted by Crippen LogP contribution is -2.28. The molecule has 1 rings (SSSR count). The lowest BCUT2D eigenvalue weighted by molar-refractivity contribution is 0.469. The fourth-order valence-electron chi connectivity index (χ4n) is 1.50. The van der Waals surface area contributed by atoms with Crippen LogP contribution in [0.25, 0.3) is 0 Å². The summed E-state index contributed by atoms with van der Waals surface area (Å²) in [6, 6.07) is 9.79. The lowest BCUT2D eigenvalue weighted by Gasteiger charge is -2.19. The summed E-state index contributed by atoms with van der Waals surface area (Å²) in [5.74, 6) is 0. The third-order valence-electron chi connectivity index (χ3n) is 2.72. The third-order valence-corrected chi connectivity index (χ3v) is 2.72. The van der Waals surface area contributed by atoms with E-state index in [0.717, 1.165) is 0 Å². The first-order valence-corrected chi connectivity index (χ1v) is 5.46. The van der Waals surface area contributed by atoms with Crippen LogP contribution in [0.2, 0.25) is 0 Å². The van der Waals surface area contributed by atoms with Gasteiger partial charge in [-0.1, -0.05) is 36.8 Å². The number of hydrogen-bond donors (Lipinski definition) is 1. The molecule has 1 heteroatoms. The van der Waals surface area contributed by atoms with Gasteiger partial charge in [-0.2, -0.15) is 0 Å². The van der Waals surface area contributed by atoms with Crippen LogP contribution in [-0.2, 0) is 0 Å². The zero-order valence-electron chi connectivity index (χ0n) is 9.67. The largest absolute Gasteiger partial charge is 0.308 e. The Morgan fingerprint density at radius 1 is 1.14 bits per heavy atom.